The van der Waals surface area contributed by atoms with Crippen LogP contribution in [0.3, 0.4) is 0 Å². The predicted molar refractivity (Wildman–Crippen MR) is 115 cm³/mol. The van der Waals surface area contributed by atoms with Crippen molar-refractivity contribution in [3.8, 4) is 0 Å². The Hall–Kier alpha value is -1.63. The van der Waals surface area contributed by atoms with Gasteiger partial charge < -0.3 is 19.7 Å². The fraction of sp³-hybridized carbons (Fsp3) is 0.696. The topological polar surface area (TPSA) is 54.0 Å². The van der Waals surface area contributed by atoms with E-state index in [1.165, 1.54) is 11.1 Å². The first-order valence-electron chi connectivity index (χ1n) is 11.1. The fourth-order valence-electron chi connectivity index (χ4n) is 4.48. The molecule has 2 aliphatic rings. The molecular formula is C23H37N3O3. The van der Waals surface area contributed by atoms with Gasteiger partial charge >= 0.3 is 6.03 Å². The lowest BCUT2D eigenvalue weighted by atomic mass is 9.72. The molecule has 1 aromatic carbocycles. The smallest absolute Gasteiger partial charge is 0.317 e. The normalized spacial score (nSPS) is 24.7. The zero-order valence-electron chi connectivity index (χ0n) is 18.3. The Bertz CT molecular complexity index is 637. The van der Waals surface area contributed by atoms with E-state index in [9.17, 15) is 4.79 Å². The third-order valence-electron chi connectivity index (χ3n) is 6.14. The van der Waals surface area contributed by atoms with E-state index < -0.39 is 0 Å². The van der Waals surface area contributed by atoms with Crippen molar-refractivity contribution < 1.29 is 14.3 Å². The average molecular weight is 404 g/mol. The van der Waals surface area contributed by atoms with E-state index in [0.717, 1.165) is 58.7 Å². The standard InChI is InChI=1S/C23H37N3O3/c1-4-10-25(17-20-8-6-19(3)7-9-20)22(27)24-18-23(15-21(16-23)29-5-2)26-11-13-28-14-12-26/h6-9,21H,4-5,10-18H2,1-3H3,(H,24,27). The first-order valence-corrected chi connectivity index (χ1v) is 11.1. The van der Waals surface area contributed by atoms with Gasteiger partial charge in [0.15, 0.2) is 0 Å². The Kier molecular flexibility index (Phi) is 7.92. The van der Waals surface area contributed by atoms with Crippen molar-refractivity contribution in [2.24, 2.45) is 0 Å². The molecule has 6 heteroatoms. The molecule has 0 spiro atoms. The number of hydrogen-bond acceptors (Lipinski definition) is 4. The second-order valence-electron chi connectivity index (χ2n) is 8.38. The molecule has 2 amide bonds. The summed E-state index contributed by atoms with van der Waals surface area (Å²) in [7, 11) is 0. The number of carbonyl (C=O) groups is 1. The Morgan fingerprint density at radius 3 is 2.55 bits per heavy atom. The van der Waals surface area contributed by atoms with Crippen LogP contribution in [0.2, 0.25) is 0 Å². The lowest BCUT2D eigenvalue weighted by Crippen LogP contribution is -2.67. The molecule has 1 aliphatic carbocycles. The number of aryl methyl sites for hydroxylation is 1. The average Bonchev–Trinajstić information content (AvgIpc) is 2.71. The first-order chi connectivity index (χ1) is 14.1. The van der Waals surface area contributed by atoms with Crippen molar-refractivity contribution in [2.45, 2.75) is 58.2 Å². The molecule has 1 heterocycles. The van der Waals surface area contributed by atoms with Gasteiger partial charge in [0.25, 0.3) is 0 Å². The number of ether oxygens (including phenoxy) is 2. The van der Waals surface area contributed by atoms with Crippen LogP contribution in [0.1, 0.15) is 44.2 Å². The number of benzene rings is 1. The van der Waals surface area contributed by atoms with E-state index in [1.54, 1.807) is 0 Å². The van der Waals surface area contributed by atoms with Gasteiger partial charge in [0.05, 0.1) is 19.3 Å². The van der Waals surface area contributed by atoms with Crippen LogP contribution >= 0.6 is 0 Å². The van der Waals surface area contributed by atoms with Gasteiger partial charge in [0.1, 0.15) is 0 Å². The second kappa shape index (κ2) is 10.4. The number of carbonyl (C=O) groups excluding carboxylic acids is 1. The zero-order chi connectivity index (χ0) is 20.7. The predicted octanol–water partition coefficient (Wildman–Crippen LogP) is 3.19. The van der Waals surface area contributed by atoms with E-state index in [1.807, 2.05) is 11.8 Å². The Labute approximate surface area is 175 Å². The Morgan fingerprint density at radius 2 is 1.93 bits per heavy atom. The van der Waals surface area contributed by atoms with E-state index in [-0.39, 0.29) is 11.6 Å². The maximum Gasteiger partial charge on any atom is 0.317 e. The molecule has 0 atom stereocenters. The van der Waals surface area contributed by atoms with Gasteiger partial charge in [-0.1, -0.05) is 36.8 Å². The maximum atomic E-state index is 13.0. The molecule has 0 radical (unpaired) electrons. The minimum Gasteiger partial charge on any atom is -0.379 e. The van der Waals surface area contributed by atoms with Crippen LogP contribution in [0.4, 0.5) is 4.79 Å². The van der Waals surface area contributed by atoms with Gasteiger partial charge in [-0.15, -0.1) is 0 Å². The highest BCUT2D eigenvalue weighted by molar-refractivity contribution is 5.74. The lowest BCUT2D eigenvalue weighted by Gasteiger charge is -2.55. The molecule has 2 fully saturated rings. The van der Waals surface area contributed by atoms with Crippen LogP contribution in [-0.4, -0.2) is 73.5 Å². The van der Waals surface area contributed by atoms with Gasteiger partial charge in [-0.05, 0) is 38.7 Å². The summed E-state index contributed by atoms with van der Waals surface area (Å²) in [4.78, 5) is 17.4. The van der Waals surface area contributed by atoms with Crippen LogP contribution in [0.25, 0.3) is 0 Å². The van der Waals surface area contributed by atoms with Crippen LogP contribution < -0.4 is 5.32 Å². The number of nitrogens with one attached hydrogen (secondary N) is 1. The summed E-state index contributed by atoms with van der Waals surface area (Å²) in [6.07, 6.45) is 3.21. The quantitative estimate of drug-likeness (QED) is 0.688. The summed E-state index contributed by atoms with van der Waals surface area (Å²) in [6.45, 7) is 12.5. The summed E-state index contributed by atoms with van der Waals surface area (Å²) in [6, 6.07) is 8.46. The first kappa shape index (κ1) is 22.1. The minimum atomic E-state index is 0.00101. The van der Waals surface area contributed by atoms with Gasteiger partial charge in [-0.2, -0.15) is 0 Å². The third kappa shape index (κ3) is 5.71. The number of morpholine rings is 1. The van der Waals surface area contributed by atoms with Crippen molar-refractivity contribution >= 4 is 6.03 Å². The van der Waals surface area contributed by atoms with Crippen LogP contribution in [0.5, 0.6) is 0 Å². The Morgan fingerprint density at radius 1 is 1.24 bits per heavy atom. The van der Waals surface area contributed by atoms with Gasteiger partial charge in [0.2, 0.25) is 0 Å². The zero-order valence-corrected chi connectivity index (χ0v) is 18.3. The number of rotatable bonds is 9. The van der Waals surface area contributed by atoms with Crippen molar-refractivity contribution in [2.75, 3.05) is 46.0 Å². The highest BCUT2D eigenvalue weighted by Crippen LogP contribution is 2.40. The minimum absolute atomic E-state index is 0.00101. The molecular weight excluding hydrogens is 366 g/mol. The molecule has 0 bridgehead atoms. The molecule has 162 valence electrons. The number of urea groups is 1. The van der Waals surface area contributed by atoms with Crippen LogP contribution in [-0.2, 0) is 16.0 Å². The third-order valence-corrected chi connectivity index (χ3v) is 6.14. The molecule has 0 aromatic heterocycles. The Balaban J connectivity index is 1.60. The molecule has 3 rings (SSSR count). The lowest BCUT2D eigenvalue weighted by molar-refractivity contribution is -0.124. The number of nitrogens with zero attached hydrogens (tertiary/aromatic N) is 2. The molecule has 0 unspecified atom stereocenters. The van der Waals surface area contributed by atoms with E-state index in [0.29, 0.717) is 19.2 Å². The SMILES string of the molecule is CCCN(Cc1ccc(C)cc1)C(=O)NCC1(N2CCOCC2)CC(OCC)C1. The highest BCUT2D eigenvalue weighted by atomic mass is 16.5. The molecule has 1 saturated carbocycles. The van der Waals surface area contributed by atoms with Gasteiger partial charge in [0, 0.05) is 44.9 Å². The van der Waals surface area contributed by atoms with Crippen molar-refractivity contribution in [1.29, 1.82) is 0 Å². The summed E-state index contributed by atoms with van der Waals surface area (Å²) in [5.74, 6) is 0. The molecule has 1 N–H and O–H groups in total. The van der Waals surface area contributed by atoms with Crippen LogP contribution in [0.15, 0.2) is 24.3 Å². The van der Waals surface area contributed by atoms with Crippen molar-refractivity contribution in [3.05, 3.63) is 35.4 Å². The number of amides is 2. The second-order valence-corrected chi connectivity index (χ2v) is 8.38. The highest BCUT2D eigenvalue weighted by Gasteiger charge is 2.49. The largest absolute Gasteiger partial charge is 0.379 e. The van der Waals surface area contributed by atoms with Crippen molar-refractivity contribution in [3.63, 3.8) is 0 Å². The van der Waals surface area contributed by atoms with Gasteiger partial charge in [-0.25, -0.2) is 4.79 Å². The summed E-state index contributed by atoms with van der Waals surface area (Å²) >= 11 is 0. The summed E-state index contributed by atoms with van der Waals surface area (Å²) in [5, 5.41) is 3.25. The van der Waals surface area contributed by atoms with E-state index in [4.69, 9.17) is 9.47 Å². The van der Waals surface area contributed by atoms with E-state index >= 15 is 0 Å². The molecule has 29 heavy (non-hydrogen) atoms. The number of hydrogen-bond donors (Lipinski definition) is 1. The summed E-state index contributed by atoms with van der Waals surface area (Å²) in [5.41, 5.74) is 2.41. The van der Waals surface area contributed by atoms with Crippen LogP contribution in [0, 0.1) is 6.92 Å². The summed E-state index contributed by atoms with van der Waals surface area (Å²) < 4.78 is 11.4. The molecule has 6 nitrogen and oxygen atoms in total. The molecule has 1 saturated heterocycles. The molecule has 1 aromatic rings. The van der Waals surface area contributed by atoms with Gasteiger partial charge in [-0.3, -0.25) is 4.90 Å². The maximum absolute atomic E-state index is 13.0. The molecule has 1 aliphatic heterocycles. The fourth-order valence-corrected chi connectivity index (χ4v) is 4.48. The monoisotopic (exact) mass is 403 g/mol. The van der Waals surface area contributed by atoms with Crippen molar-refractivity contribution in [1.82, 2.24) is 15.1 Å². The van der Waals surface area contributed by atoms with E-state index in [2.05, 4.69) is 48.3 Å².